The Morgan fingerprint density at radius 2 is 1.74 bits per heavy atom. The van der Waals surface area contributed by atoms with Gasteiger partial charge in [0.25, 0.3) is 0 Å². The minimum Gasteiger partial charge on any atom is -0.508 e. The predicted octanol–water partition coefficient (Wildman–Crippen LogP) is 2.16. The van der Waals surface area contributed by atoms with Gasteiger partial charge in [0.05, 0.1) is 17.1 Å². The number of rotatable bonds is 2. The molecule has 1 saturated heterocycles. The normalized spacial score (nSPS) is 22.5. The van der Waals surface area contributed by atoms with Gasteiger partial charge in [-0.25, -0.2) is 4.39 Å². The largest absolute Gasteiger partial charge is 0.508 e. The molecule has 0 aromatic heterocycles. The molecular formula is C13H19BFNO3. The van der Waals surface area contributed by atoms with Crippen LogP contribution in [0.3, 0.4) is 0 Å². The van der Waals surface area contributed by atoms with Crippen LogP contribution in [0.4, 0.5) is 4.39 Å². The van der Waals surface area contributed by atoms with Gasteiger partial charge in [0.1, 0.15) is 11.6 Å². The van der Waals surface area contributed by atoms with Gasteiger partial charge in [-0.05, 0) is 45.9 Å². The molecular weight excluding hydrogens is 248 g/mol. The van der Waals surface area contributed by atoms with E-state index in [9.17, 15) is 9.50 Å². The summed E-state index contributed by atoms with van der Waals surface area (Å²) in [6.07, 6.45) is 0. The Bertz CT molecular complexity index is 477. The topological polar surface area (TPSA) is 64.7 Å². The summed E-state index contributed by atoms with van der Waals surface area (Å²) in [5.74, 6) is -1.28. The zero-order valence-electron chi connectivity index (χ0n) is 11.6. The molecule has 0 aliphatic carbocycles. The molecule has 0 amide bonds. The number of aromatic hydroxyl groups is 1. The second-order valence-electron chi connectivity index (χ2n) is 5.85. The van der Waals surface area contributed by atoms with Crippen molar-refractivity contribution < 1.29 is 18.8 Å². The highest BCUT2D eigenvalue weighted by Crippen LogP contribution is 2.40. The molecule has 1 aromatic carbocycles. The summed E-state index contributed by atoms with van der Waals surface area (Å²) < 4.78 is 24.8. The van der Waals surface area contributed by atoms with E-state index < -0.39 is 30.1 Å². The minimum atomic E-state index is -0.753. The molecule has 1 fully saturated rings. The van der Waals surface area contributed by atoms with E-state index in [1.165, 1.54) is 18.2 Å². The summed E-state index contributed by atoms with van der Waals surface area (Å²) >= 11 is 0. The molecule has 0 saturated carbocycles. The monoisotopic (exact) mass is 267 g/mol. The van der Waals surface area contributed by atoms with Crippen LogP contribution in [0.5, 0.6) is 5.75 Å². The van der Waals surface area contributed by atoms with E-state index in [4.69, 9.17) is 15.0 Å². The van der Waals surface area contributed by atoms with Gasteiger partial charge in [-0.1, -0.05) is 0 Å². The number of hydrogen-bond acceptors (Lipinski definition) is 4. The Morgan fingerprint density at radius 3 is 2.26 bits per heavy atom. The first-order valence-corrected chi connectivity index (χ1v) is 6.24. The van der Waals surface area contributed by atoms with E-state index in [2.05, 4.69) is 0 Å². The molecule has 1 aliphatic heterocycles. The molecule has 104 valence electrons. The van der Waals surface area contributed by atoms with Crippen molar-refractivity contribution in [2.75, 3.05) is 0 Å². The number of phenolic OH excluding ortho intramolecular Hbond substituents is 1. The maximum absolute atomic E-state index is 13.3. The molecule has 0 radical (unpaired) electrons. The molecule has 1 aromatic rings. The lowest BCUT2D eigenvalue weighted by Crippen LogP contribution is -2.41. The van der Waals surface area contributed by atoms with Crippen molar-refractivity contribution in [1.82, 2.24) is 0 Å². The third-order valence-electron chi connectivity index (χ3n) is 3.91. The Kier molecular flexibility index (Phi) is 3.37. The number of nitrogens with two attached hydrogens (primary N) is 1. The van der Waals surface area contributed by atoms with Gasteiger partial charge in [0, 0.05) is 5.56 Å². The smallest absolute Gasteiger partial charge is 0.480 e. The fraction of sp³-hybridized carbons (Fsp3) is 0.538. The fourth-order valence-corrected chi connectivity index (χ4v) is 1.97. The van der Waals surface area contributed by atoms with Gasteiger partial charge in [0.15, 0.2) is 0 Å². The maximum Gasteiger partial charge on any atom is 0.480 e. The Balaban J connectivity index is 2.27. The first kappa shape index (κ1) is 14.3. The van der Waals surface area contributed by atoms with Crippen LogP contribution in [-0.4, -0.2) is 23.4 Å². The van der Waals surface area contributed by atoms with Crippen molar-refractivity contribution in [3.05, 3.63) is 29.6 Å². The third-order valence-corrected chi connectivity index (χ3v) is 3.91. The summed E-state index contributed by atoms with van der Waals surface area (Å²) in [5.41, 5.74) is 5.28. The van der Waals surface area contributed by atoms with Crippen LogP contribution in [-0.2, 0) is 9.31 Å². The summed E-state index contributed by atoms with van der Waals surface area (Å²) in [7, 11) is -0.724. The average molecular weight is 267 g/mol. The van der Waals surface area contributed by atoms with E-state index in [1.54, 1.807) is 0 Å². The first-order valence-electron chi connectivity index (χ1n) is 6.24. The van der Waals surface area contributed by atoms with E-state index in [-0.39, 0.29) is 11.3 Å². The van der Waals surface area contributed by atoms with Gasteiger partial charge >= 0.3 is 7.12 Å². The van der Waals surface area contributed by atoms with Crippen molar-refractivity contribution >= 4 is 7.12 Å². The van der Waals surface area contributed by atoms with Crippen LogP contribution >= 0.6 is 0 Å². The highest BCUT2D eigenvalue weighted by molar-refractivity contribution is 6.47. The zero-order chi connectivity index (χ0) is 14.4. The molecule has 4 nitrogen and oxygen atoms in total. The summed E-state index contributed by atoms with van der Waals surface area (Å²) in [6, 6.07) is 3.65. The molecule has 0 spiro atoms. The molecule has 6 heteroatoms. The fourth-order valence-electron chi connectivity index (χ4n) is 1.97. The summed E-state index contributed by atoms with van der Waals surface area (Å²) in [4.78, 5) is 0. The molecule has 2 rings (SSSR count). The zero-order valence-corrected chi connectivity index (χ0v) is 11.6. The van der Waals surface area contributed by atoms with Gasteiger partial charge in [-0.3, -0.25) is 0 Å². The standard InChI is InChI=1S/C13H19BFNO3/c1-12(2)13(3,4)19-14(18-12)11(16)9-7-8(15)5-6-10(9)17/h5-7,11,17H,16H2,1-4H3/t11-/m0/s1. The van der Waals surface area contributed by atoms with Crippen LogP contribution < -0.4 is 5.73 Å². The minimum absolute atomic E-state index is 0.0661. The van der Waals surface area contributed by atoms with Crippen molar-refractivity contribution in [2.45, 2.75) is 44.8 Å². The second-order valence-corrected chi connectivity index (χ2v) is 5.85. The quantitative estimate of drug-likeness (QED) is 0.806. The number of phenols is 1. The van der Waals surface area contributed by atoms with Gasteiger partial charge in [-0.15, -0.1) is 0 Å². The van der Waals surface area contributed by atoms with Crippen LogP contribution in [0.2, 0.25) is 0 Å². The number of halogens is 1. The summed E-state index contributed by atoms with van der Waals surface area (Å²) in [5, 5.41) is 9.77. The number of hydrogen-bond donors (Lipinski definition) is 2. The summed E-state index contributed by atoms with van der Waals surface area (Å²) in [6.45, 7) is 7.63. The van der Waals surface area contributed by atoms with E-state index in [1.807, 2.05) is 27.7 Å². The van der Waals surface area contributed by atoms with E-state index in [0.717, 1.165) is 0 Å². The highest BCUT2D eigenvalue weighted by atomic mass is 19.1. The van der Waals surface area contributed by atoms with Crippen LogP contribution in [0, 0.1) is 5.82 Å². The maximum atomic E-state index is 13.3. The van der Waals surface area contributed by atoms with Gasteiger partial charge in [-0.2, -0.15) is 0 Å². The van der Waals surface area contributed by atoms with Crippen LogP contribution in [0.15, 0.2) is 18.2 Å². The van der Waals surface area contributed by atoms with Crippen molar-refractivity contribution in [3.63, 3.8) is 0 Å². The molecule has 1 aliphatic rings. The Hall–Kier alpha value is -1.11. The van der Waals surface area contributed by atoms with Gasteiger partial charge < -0.3 is 20.1 Å². The molecule has 0 unspecified atom stereocenters. The molecule has 0 bridgehead atoms. The lowest BCUT2D eigenvalue weighted by atomic mass is 9.74. The first-order chi connectivity index (χ1) is 8.64. The Labute approximate surface area is 112 Å². The third kappa shape index (κ3) is 2.48. The van der Waals surface area contributed by atoms with Crippen molar-refractivity contribution in [1.29, 1.82) is 0 Å². The van der Waals surface area contributed by atoms with E-state index >= 15 is 0 Å². The van der Waals surface area contributed by atoms with E-state index in [0.29, 0.717) is 0 Å². The SMILES string of the molecule is CC1(C)OB([C@@H](N)c2cc(F)ccc2O)OC1(C)C. The van der Waals surface area contributed by atoms with Gasteiger partial charge in [0.2, 0.25) is 0 Å². The average Bonchev–Trinajstić information content (AvgIpc) is 2.51. The molecule has 1 atom stereocenters. The second kappa shape index (κ2) is 4.47. The van der Waals surface area contributed by atoms with Crippen LogP contribution in [0.1, 0.15) is 39.2 Å². The van der Waals surface area contributed by atoms with Crippen molar-refractivity contribution in [3.8, 4) is 5.75 Å². The predicted molar refractivity (Wildman–Crippen MR) is 71.1 cm³/mol. The number of benzene rings is 1. The molecule has 1 heterocycles. The highest BCUT2D eigenvalue weighted by Gasteiger charge is 2.53. The lowest BCUT2D eigenvalue weighted by Gasteiger charge is -2.32. The molecule has 19 heavy (non-hydrogen) atoms. The molecule has 3 N–H and O–H groups in total. The lowest BCUT2D eigenvalue weighted by molar-refractivity contribution is 0.00578. The van der Waals surface area contributed by atoms with Crippen molar-refractivity contribution in [2.24, 2.45) is 5.73 Å². The Morgan fingerprint density at radius 1 is 1.21 bits per heavy atom. The van der Waals surface area contributed by atoms with Crippen LogP contribution in [0.25, 0.3) is 0 Å².